The molecule has 1 aromatic carbocycles. The first-order valence-corrected chi connectivity index (χ1v) is 13.3. The quantitative estimate of drug-likeness (QED) is 0.354. The third-order valence-electron chi connectivity index (χ3n) is 7.27. The van der Waals surface area contributed by atoms with Gasteiger partial charge in [0.1, 0.15) is 17.4 Å². The third kappa shape index (κ3) is 4.10. The molecule has 5 N–H and O–H groups in total. The molecule has 2 fully saturated rings. The Morgan fingerprint density at radius 2 is 2.14 bits per heavy atom. The Morgan fingerprint density at radius 1 is 1.28 bits per heavy atom. The van der Waals surface area contributed by atoms with Crippen molar-refractivity contribution in [3.63, 3.8) is 0 Å². The second-order valence-corrected chi connectivity index (χ2v) is 10.8. The van der Waals surface area contributed by atoms with E-state index in [2.05, 4.69) is 61.7 Å². The number of fused-ring (bicyclic) bond motifs is 1. The highest BCUT2D eigenvalue weighted by molar-refractivity contribution is 7.13. The normalized spacial score (nSPS) is 19.8. The minimum absolute atomic E-state index is 0.0352. The largest absolute Gasteiger partial charge is 0.382 e. The van der Waals surface area contributed by atoms with E-state index in [0.29, 0.717) is 42.5 Å². The first-order chi connectivity index (χ1) is 17.4. The van der Waals surface area contributed by atoms with Gasteiger partial charge < -0.3 is 26.3 Å². The number of nitrogens with two attached hydrogens (primary N) is 2. The minimum Gasteiger partial charge on any atom is -0.382 e. The highest BCUT2D eigenvalue weighted by Crippen LogP contribution is 2.37. The van der Waals surface area contributed by atoms with Crippen LogP contribution in [0.5, 0.6) is 0 Å². The summed E-state index contributed by atoms with van der Waals surface area (Å²) in [7, 11) is 0. The summed E-state index contributed by atoms with van der Waals surface area (Å²) in [6.07, 6.45) is 6.82. The molecule has 2 aliphatic rings. The molecule has 1 amide bonds. The van der Waals surface area contributed by atoms with Crippen LogP contribution in [0.4, 0.5) is 11.5 Å². The number of nitrogen functional groups attached to an aromatic ring is 1. The molecule has 3 aromatic heterocycles. The van der Waals surface area contributed by atoms with E-state index in [1.165, 1.54) is 27.9 Å². The second-order valence-electron chi connectivity index (χ2n) is 9.84. The van der Waals surface area contributed by atoms with Crippen molar-refractivity contribution in [3.05, 3.63) is 53.4 Å². The second kappa shape index (κ2) is 8.86. The van der Waals surface area contributed by atoms with Crippen molar-refractivity contribution in [1.82, 2.24) is 24.8 Å². The van der Waals surface area contributed by atoms with Gasteiger partial charge in [-0.3, -0.25) is 4.79 Å². The zero-order chi connectivity index (χ0) is 24.9. The molecule has 10 heteroatoms. The minimum atomic E-state index is -0.894. The van der Waals surface area contributed by atoms with E-state index in [1.54, 1.807) is 17.7 Å². The number of hydrogen-bond donors (Lipinski definition) is 3. The van der Waals surface area contributed by atoms with E-state index in [1.807, 2.05) is 4.57 Å². The average molecular weight is 503 g/mol. The van der Waals surface area contributed by atoms with Gasteiger partial charge in [0, 0.05) is 29.7 Å². The lowest BCUT2D eigenvalue weighted by Crippen LogP contribution is -2.56. The van der Waals surface area contributed by atoms with Crippen molar-refractivity contribution in [2.45, 2.75) is 50.7 Å². The lowest BCUT2D eigenvalue weighted by molar-refractivity contribution is -0.125. The zero-order valence-electron chi connectivity index (χ0n) is 20.3. The van der Waals surface area contributed by atoms with Gasteiger partial charge >= 0.3 is 0 Å². The maximum absolute atomic E-state index is 13.0. The first-order valence-electron chi connectivity index (χ1n) is 12.4. The van der Waals surface area contributed by atoms with Gasteiger partial charge in [0.05, 0.1) is 12.9 Å². The summed E-state index contributed by atoms with van der Waals surface area (Å²) in [5.74, 6) is 0.337. The third-order valence-corrected chi connectivity index (χ3v) is 8.19. The molecule has 6 rings (SSSR count). The summed E-state index contributed by atoms with van der Waals surface area (Å²) in [4.78, 5) is 29.5. The van der Waals surface area contributed by atoms with Crippen LogP contribution in [0, 0.1) is 0 Å². The molecule has 1 aliphatic carbocycles. The van der Waals surface area contributed by atoms with Crippen LogP contribution in [0.1, 0.15) is 37.3 Å². The SMILES string of the molecule is CCc1cc(-c2cccs2)cc(N2CC[C@](N)(C(=O)NC3CC3)C2)c1Cn1cnc2c(N)ncnc21. The van der Waals surface area contributed by atoms with Crippen molar-refractivity contribution < 1.29 is 4.79 Å². The van der Waals surface area contributed by atoms with Crippen LogP contribution >= 0.6 is 11.3 Å². The van der Waals surface area contributed by atoms with Gasteiger partial charge in [0.25, 0.3) is 0 Å². The molecule has 4 aromatic rings. The van der Waals surface area contributed by atoms with Crippen molar-refractivity contribution >= 4 is 39.9 Å². The molecule has 36 heavy (non-hydrogen) atoms. The van der Waals surface area contributed by atoms with E-state index >= 15 is 0 Å². The highest BCUT2D eigenvalue weighted by Gasteiger charge is 2.43. The van der Waals surface area contributed by atoms with E-state index in [4.69, 9.17) is 11.5 Å². The Labute approximate surface area is 213 Å². The number of imidazole rings is 1. The smallest absolute Gasteiger partial charge is 0.242 e. The van der Waals surface area contributed by atoms with Gasteiger partial charge in [-0.05, 0) is 66.0 Å². The van der Waals surface area contributed by atoms with E-state index in [0.717, 1.165) is 31.5 Å². The lowest BCUT2D eigenvalue weighted by atomic mass is 9.97. The van der Waals surface area contributed by atoms with Crippen molar-refractivity contribution in [1.29, 1.82) is 0 Å². The number of amides is 1. The number of carbonyl (C=O) groups is 1. The van der Waals surface area contributed by atoms with Crippen molar-refractivity contribution in [3.8, 4) is 10.4 Å². The molecule has 1 saturated heterocycles. The van der Waals surface area contributed by atoms with E-state index < -0.39 is 5.54 Å². The van der Waals surface area contributed by atoms with Crippen LogP contribution in [0.2, 0.25) is 0 Å². The van der Waals surface area contributed by atoms with Crippen molar-refractivity contribution in [2.75, 3.05) is 23.7 Å². The van der Waals surface area contributed by atoms with Crippen molar-refractivity contribution in [2.24, 2.45) is 5.73 Å². The predicted molar refractivity (Wildman–Crippen MR) is 143 cm³/mol. The van der Waals surface area contributed by atoms with Crippen LogP contribution in [0.3, 0.4) is 0 Å². The number of benzene rings is 1. The van der Waals surface area contributed by atoms with E-state index in [9.17, 15) is 4.79 Å². The fraction of sp³-hybridized carbons (Fsp3) is 0.385. The van der Waals surface area contributed by atoms with Gasteiger partial charge in [0.15, 0.2) is 11.5 Å². The van der Waals surface area contributed by atoms with Crippen LogP contribution in [-0.4, -0.2) is 50.1 Å². The molecule has 1 saturated carbocycles. The Bertz CT molecular complexity index is 1430. The number of nitrogens with one attached hydrogen (secondary N) is 1. The first kappa shape index (κ1) is 22.9. The molecule has 186 valence electrons. The standard InChI is InChI=1S/C26H30N8OS/c1-2-16-10-17(21-4-3-9-36-21)11-20(33-8-7-26(28,13-33)25(35)32-18-5-6-18)19(16)12-34-15-31-22-23(27)29-14-30-24(22)34/h3-4,9-11,14-15,18H,2,5-8,12-13,28H2,1H3,(H,32,35)(H2,27,29,30)/t26-/m1/s1. The van der Waals surface area contributed by atoms with Crippen LogP contribution in [-0.2, 0) is 17.8 Å². The number of aromatic nitrogens is 4. The molecule has 9 nitrogen and oxygen atoms in total. The molecule has 0 spiro atoms. The Kier molecular flexibility index (Phi) is 5.65. The highest BCUT2D eigenvalue weighted by atomic mass is 32.1. The zero-order valence-corrected chi connectivity index (χ0v) is 21.1. The molecule has 0 unspecified atom stereocenters. The molecule has 0 bridgehead atoms. The summed E-state index contributed by atoms with van der Waals surface area (Å²) in [5, 5.41) is 5.21. The summed E-state index contributed by atoms with van der Waals surface area (Å²) in [6.45, 7) is 3.96. The number of anilines is 2. The van der Waals surface area contributed by atoms with Gasteiger partial charge in [0.2, 0.25) is 5.91 Å². The van der Waals surface area contributed by atoms with Gasteiger partial charge in [-0.25, -0.2) is 15.0 Å². The average Bonchev–Trinajstić information content (AvgIpc) is 3.26. The predicted octanol–water partition coefficient (Wildman–Crippen LogP) is 2.93. The van der Waals surface area contributed by atoms with Crippen LogP contribution in [0.15, 0.2) is 42.3 Å². The van der Waals surface area contributed by atoms with Crippen LogP contribution < -0.4 is 21.7 Å². The number of rotatable bonds is 7. The Balaban J connectivity index is 1.41. The molecular formula is C26H30N8OS. The van der Waals surface area contributed by atoms with Crippen LogP contribution in [0.25, 0.3) is 21.6 Å². The molecule has 1 atom stereocenters. The van der Waals surface area contributed by atoms with Gasteiger partial charge in [-0.2, -0.15) is 0 Å². The number of hydrogen-bond acceptors (Lipinski definition) is 8. The number of carbonyl (C=O) groups excluding carboxylic acids is 1. The van der Waals surface area contributed by atoms with Gasteiger partial charge in [-0.15, -0.1) is 11.3 Å². The number of aryl methyl sites for hydroxylation is 1. The summed E-state index contributed by atoms with van der Waals surface area (Å²) < 4.78 is 2.02. The maximum atomic E-state index is 13.0. The Hall–Kier alpha value is -3.50. The monoisotopic (exact) mass is 502 g/mol. The Morgan fingerprint density at radius 3 is 2.89 bits per heavy atom. The fourth-order valence-corrected chi connectivity index (χ4v) is 5.76. The maximum Gasteiger partial charge on any atom is 0.242 e. The topological polar surface area (TPSA) is 128 Å². The van der Waals surface area contributed by atoms with E-state index in [-0.39, 0.29) is 5.91 Å². The molecule has 4 heterocycles. The fourth-order valence-electron chi connectivity index (χ4n) is 5.05. The molecule has 1 aliphatic heterocycles. The summed E-state index contributed by atoms with van der Waals surface area (Å²) >= 11 is 1.73. The van der Waals surface area contributed by atoms with Gasteiger partial charge in [-0.1, -0.05) is 13.0 Å². The number of thiophene rings is 1. The molecule has 0 radical (unpaired) electrons. The molecular weight excluding hydrogens is 472 g/mol. The summed E-state index contributed by atoms with van der Waals surface area (Å²) in [5.41, 5.74) is 17.8. The lowest BCUT2D eigenvalue weighted by Gasteiger charge is -2.28. The summed E-state index contributed by atoms with van der Waals surface area (Å²) in [6, 6.07) is 9.03. The number of nitrogens with zero attached hydrogens (tertiary/aromatic N) is 5.